The highest BCUT2D eigenvalue weighted by atomic mass is 32.1. The number of hydrogen-bond acceptors (Lipinski definition) is 4. The molecule has 3 nitrogen and oxygen atoms in total. The van der Waals surface area contributed by atoms with Gasteiger partial charge in [0.15, 0.2) is 5.13 Å². The lowest BCUT2D eigenvalue weighted by Gasteiger charge is -2.33. The average molecular weight is 288 g/mol. The molecule has 2 heterocycles. The Hall–Kier alpha value is -1.39. The number of nitrogens with zero attached hydrogens (tertiary/aromatic N) is 2. The summed E-state index contributed by atoms with van der Waals surface area (Å²) < 4.78 is 0. The van der Waals surface area contributed by atoms with Crippen molar-refractivity contribution < 1.29 is 5.11 Å². The van der Waals surface area contributed by atoms with Gasteiger partial charge in [0.05, 0.1) is 17.2 Å². The summed E-state index contributed by atoms with van der Waals surface area (Å²) in [5, 5.41) is 10.7. The van der Waals surface area contributed by atoms with E-state index in [0.717, 1.165) is 27.8 Å². The zero-order valence-electron chi connectivity index (χ0n) is 11.7. The normalized spacial score (nSPS) is 19.3. The first-order valence-electron chi connectivity index (χ1n) is 7.22. The molecule has 1 saturated heterocycles. The Bertz CT molecular complexity index is 567. The molecule has 4 heteroatoms. The van der Waals surface area contributed by atoms with Crippen LogP contribution in [0.3, 0.4) is 0 Å². The van der Waals surface area contributed by atoms with E-state index >= 15 is 0 Å². The standard InChI is InChI=1S/C16H20N2OS/c1-12-7-5-6-10-18(12)16-17-15(14(11-19)20-16)13-8-3-2-4-9-13/h2-4,8-9,12,19H,5-7,10-11H2,1H3. The van der Waals surface area contributed by atoms with Crippen LogP contribution in [-0.4, -0.2) is 22.7 Å². The molecule has 1 aromatic carbocycles. The zero-order valence-corrected chi connectivity index (χ0v) is 12.6. The molecule has 1 aliphatic heterocycles. The van der Waals surface area contributed by atoms with E-state index in [9.17, 15) is 5.11 Å². The van der Waals surface area contributed by atoms with Gasteiger partial charge in [0.25, 0.3) is 0 Å². The van der Waals surface area contributed by atoms with E-state index in [-0.39, 0.29) is 6.61 Å². The van der Waals surface area contributed by atoms with Gasteiger partial charge in [-0.2, -0.15) is 0 Å². The Morgan fingerprint density at radius 1 is 1.30 bits per heavy atom. The number of aliphatic hydroxyl groups excluding tert-OH is 1. The third kappa shape index (κ3) is 2.58. The van der Waals surface area contributed by atoms with E-state index in [0.29, 0.717) is 6.04 Å². The molecule has 3 rings (SSSR count). The summed E-state index contributed by atoms with van der Waals surface area (Å²) in [6.45, 7) is 3.40. The van der Waals surface area contributed by atoms with Gasteiger partial charge in [-0.15, -0.1) is 0 Å². The third-order valence-corrected chi connectivity index (χ3v) is 5.00. The Kier molecular flexibility index (Phi) is 4.03. The molecule has 0 bridgehead atoms. The molecule has 0 amide bonds. The minimum Gasteiger partial charge on any atom is -0.391 e. The van der Waals surface area contributed by atoms with Gasteiger partial charge in [-0.1, -0.05) is 41.7 Å². The molecule has 0 aliphatic carbocycles. The number of aliphatic hydroxyl groups is 1. The fourth-order valence-corrected chi connectivity index (χ4v) is 3.84. The molecule has 106 valence electrons. The number of thiazole rings is 1. The van der Waals surface area contributed by atoms with Gasteiger partial charge in [-0.3, -0.25) is 0 Å². The van der Waals surface area contributed by atoms with Crippen LogP contribution in [0.4, 0.5) is 5.13 Å². The predicted molar refractivity (Wildman–Crippen MR) is 84.1 cm³/mol. The van der Waals surface area contributed by atoms with E-state index in [1.807, 2.05) is 18.2 Å². The molecule has 0 radical (unpaired) electrons. The van der Waals surface area contributed by atoms with Crippen molar-refractivity contribution in [3.8, 4) is 11.3 Å². The smallest absolute Gasteiger partial charge is 0.186 e. The summed E-state index contributed by atoms with van der Waals surface area (Å²) in [5.74, 6) is 0. The Morgan fingerprint density at radius 2 is 2.10 bits per heavy atom. The van der Waals surface area contributed by atoms with Gasteiger partial charge in [0.2, 0.25) is 0 Å². The largest absolute Gasteiger partial charge is 0.391 e. The van der Waals surface area contributed by atoms with Crippen LogP contribution in [0.2, 0.25) is 0 Å². The van der Waals surface area contributed by atoms with Crippen LogP contribution >= 0.6 is 11.3 Å². The van der Waals surface area contributed by atoms with Crippen LogP contribution in [0.15, 0.2) is 30.3 Å². The highest BCUT2D eigenvalue weighted by Gasteiger charge is 2.23. The van der Waals surface area contributed by atoms with Gasteiger partial charge < -0.3 is 10.0 Å². The first-order valence-corrected chi connectivity index (χ1v) is 8.04. The summed E-state index contributed by atoms with van der Waals surface area (Å²) in [6, 6.07) is 10.7. The third-order valence-electron chi connectivity index (χ3n) is 3.93. The second kappa shape index (κ2) is 5.94. The lowest BCUT2D eigenvalue weighted by atomic mass is 10.0. The Morgan fingerprint density at radius 3 is 2.80 bits per heavy atom. The number of benzene rings is 1. The summed E-state index contributed by atoms with van der Waals surface area (Å²) in [5.41, 5.74) is 2.02. The van der Waals surface area contributed by atoms with E-state index in [4.69, 9.17) is 4.98 Å². The van der Waals surface area contributed by atoms with Crippen LogP contribution in [-0.2, 0) is 6.61 Å². The molecular weight excluding hydrogens is 268 g/mol. The minimum atomic E-state index is 0.0596. The topological polar surface area (TPSA) is 36.4 Å². The van der Waals surface area contributed by atoms with Crippen molar-refractivity contribution in [2.45, 2.75) is 38.8 Å². The van der Waals surface area contributed by atoms with Crippen LogP contribution in [0.1, 0.15) is 31.1 Å². The molecule has 1 atom stereocenters. The van der Waals surface area contributed by atoms with Crippen molar-refractivity contribution in [2.75, 3.05) is 11.4 Å². The van der Waals surface area contributed by atoms with Gasteiger partial charge in [0.1, 0.15) is 0 Å². The van der Waals surface area contributed by atoms with Crippen LogP contribution < -0.4 is 4.90 Å². The molecule has 20 heavy (non-hydrogen) atoms. The van der Waals surface area contributed by atoms with Gasteiger partial charge in [-0.05, 0) is 26.2 Å². The van der Waals surface area contributed by atoms with E-state index in [1.165, 1.54) is 19.3 Å². The lowest BCUT2D eigenvalue weighted by Crippen LogP contribution is -2.37. The fourth-order valence-electron chi connectivity index (χ4n) is 2.77. The van der Waals surface area contributed by atoms with E-state index < -0.39 is 0 Å². The fraction of sp³-hybridized carbons (Fsp3) is 0.438. The molecule has 0 spiro atoms. The highest BCUT2D eigenvalue weighted by Crippen LogP contribution is 2.35. The first-order chi connectivity index (χ1) is 9.79. The van der Waals surface area contributed by atoms with Crippen molar-refractivity contribution in [1.82, 2.24) is 4.98 Å². The Balaban J connectivity index is 1.96. The molecule has 1 N–H and O–H groups in total. The number of rotatable bonds is 3. The maximum atomic E-state index is 9.61. The maximum absolute atomic E-state index is 9.61. The highest BCUT2D eigenvalue weighted by molar-refractivity contribution is 7.16. The summed E-state index contributed by atoms with van der Waals surface area (Å²) in [6.07, 6.45) is 3.77. The SMILES string of the molecule is CC1CCCCN1c1nc(-c2ccccc2)c(CO)s1. The van der Waals surface area contributed by atoms with Crippen molar-refractivity contribution >= 4 is 16.5 Å². The molecule has 2 aromatic rings. The monoisotopic (exact) mass is 288 g/mol. The van der Waals surface area contributed by atoms with E-state index in [2.05, 4.69) is 24.0 Å². The predicted octanol–water partition coefficient (Wildman–Crippen LogP) is 3.68. The number of hydrogen-bond donors (Lipinski definition) is 1. The second-order valence-electron chi connectivity index (χ2n) is 5.33. The minimum absolute atomic E-state index is 0.0596. The van der Waals surface area contributed by atoms with Crippen molar-refractivity contribution in [1.29, 1.82) is 0 Å². The number of aromatic nitrogens is 1. The van der Waals surface area contributed by atoms with Crippen molar-refractivity contribution in [2.24, 2.45) is 0 Å². The molecule has 1 aromatic heterocycles. The van der Waals surface area contributed by atoms with E-state index in [1.54, 1.807) is 11.3 Å². The van der Waals surface area contributed by atoms with Crippen molar-refractivity contribution in [3.63, 3.8) is 0 Å². The molecule has 1 fully saturated rings. The Labute approximate surface area is 123 Å². The molecule has 1 unspecified atom stereocenters. The molecule has 0 saturated carbocycles. The number of piperidine rings is 1. The summed E-state index contributed by atoms with van der Waals surface area (Å²) in [7, 11) is 0. The zero-order chi connectivity index (χ0) is 13.9. The molecule has 1 aliphatic rings. The van der Waals surface area contributed by atoms with Crippen molar-refractivity contribution in [3.05, 3.63) is 35.2 Å². The second-order valence-corrected chi connectivity index (χ2v) is 6.39. The summed E-state index contributed by atoms with van der Waals surface area (Å²) >= 11 is 1.63. The van der Waals surface area contributed by atoms with Crippen LogP contribution in [0.25, 0.3) is 11.3 Å². The quantitative estimate of drug-likeness (QED) is 0.936. The van der Waals surface area contributed by atoms with Crippen LogP contribution in [0.5, 0.6) is 0 Å². The first kappa shape index (κ1) is 13.6. The lowest BCUT2D eigenvalue weighted by molar-refractivity contribution is 0.286. The summed E-state index contributed by atoms with van der Waals surface area (Å²) in [4.78, 5) is 8.16. The van der Waals surface area contributed by atoms with Gasteiger partial charge in [-0.25, -0.2) is 4.98 Å². The van der Waals surface area contributed by atoms with Crippen LogP contribution in [0, 0.1) is 0 Å². The number of anilines is 1. The molecular formula is C16H20N2OS. The van der Waals surface area contributed by atoms with Gasteiger partial charge >= 0.3 is 0 Å². The maximum Gasteiger partial charge on any atom is 0.186 e. The van der Waals surface area contributed by atoms with Gasteiger partial charge in [0, 0.05) is 18.2 Å². The average Bonchev–Trinajstić information content (AvgIpc) is 2.92.